The monoisotopic (exact) mass is 206 g/mol. The predicted octanol–water partition coefficient (Wildman–Crippen LogP) is 1.04. The SMILES string of the molecule is Cc1cc(N2CCOCC2)cnc1C=O. The maximum absolute atomic E-state index is 10.6. The van der Waals surface area contributed by atoms with Crippen molar-refractivity contribution < 1.29 is 9.53 Å². The molecule has 0 radical (unpaired) electrons. The average molecular weight is 206 g/mol. The smallest absolute Gasteiger partial charge is 0.168 e. The van der Waals surface area contributed by atoms with E-state index in [0.717, 1.165) is 43.8 Å². The van der Waals surface area contributed by atoms with E-state index in [9.17, 15) is 4.79 Å². The van der Waals surface area contributed by atoms with Crippen LogP contribution < -0.4 is 4.90 Å². The molecular weight excluding hydrogens is 192 g/mol. The van der Waals surface area contributed by atoms with Crippen LogP contribution in [0.3, 0.4) is 0 Å². The number of carbonyl (C=O) groups is 1. The molecule has 1 fully saturated rings. The van der Waals surface area contributed by atoms with Gasteiger partial charge in [0, 0.05) is 13.1 Å². The molecule has 2 rings (SSSR count). The van der Waals surface area contributed by atoms with E-state index in [-0.39, 0.29) is 0 Å². The van der Waals surface area contributed by atoms with Gasteiger partial charge in [-0.1, -0.05) is 0 Å². The third-order valence-corrected chi connectivity index (χ3v) is 2.59. The summed E-state index contributed by atoms with van der Waals surface area (Å²) in [5.41, 5.74) is 2.52. The molecule has 0 aliphatic carbocycles. The Hall–Kier alpha value is -1.42. The van der Waals surface area contributed by atoms with Gasteiger partial charge >= 0.3 is 0 Å². The fourth-order valence-electron chi connectivity index (χ4n) is 1.69. The number of pyridine rings is 1. The molecule has 0 amide bonds. The molecular formula is C11H14N2O2. The van der Waals surface area contributed by atoms with Crippen LogP contribution in [0.25, 0.3) is 0 Å². The van der Waals surface area contributed by atoms with Crippen molar-refractivity contribution in [3.05, 3.63) is 23.5 Å². The summed E-state index contributed by atoms with van der Waals surface area (Å²) in [6, 6.07) is 2.00. The first-order valence-electron chi connectivity index (χ1n) is 5.06. The number of anilines is 1. The zero-order chi connectivity index (χ0) is 10.7. The zero-order valence-electron chi connectivity index (χ0n) is 8.77. The molecule has 1 aliphatic heterocycles. The fraction of sp³-hybridized carbons (Fsp3) is 0.455. The Morgan fingerprint density at radius 1 is 1.47 bits per heavy atom. The highest BCUT2D eigenvalue weighted by Crippen LogP contribution is 2.17. The molecule has 0 bridgehead atoms. The third kappa shape index (κ3) is 2.15. The summed E-state index contributed by atoms with van der Waals surface area (Å²) >= 11 is 0. The second kappa shape index (κ2) is 4.40. The first-order valence-corrected chi connectivity index (χ1v) is 5.06. The summed E-state index contributed by atoms with van der Waals surface area (Å²) in [4.78, 5) is 17.0. The van der Waals surface area contributed by atoms with Crippen molar-refractivity contribution in [1.29, 1.82) is 0 Å². The lowest BCUT2D eigenvalue weighted by Crippen LogP contribution is -2.36. The summed E-state index contributed by atoms with van der Waals surface area (Å²) in [5.74, 6) is 0. The minimum absolute atomic E-state index is 0.520. The molecule has 80 valence electrons. The standard InChI is InChI=1S/C11H14N2O2/c1-9-6-10(7-12-11(9)8-14)13-2-4-15-5-3-13/h6-8H,2-5H2,1H3. The van der Waals surface area contributed by atoms with Crippen molar-refractivity contribution in [1.82, 2.24) is 4.98 Å². The Bertz CT molecular complexity index is 360. The van der Waals surface area contributed by atoms with Crippen LogP contribution in [-0.4, -0.2) is 37.6 Å². The minimum atomic E-state index is 0.520. The van der Waals surface area contributed by atoms with Gasteiger partial charge in [0.05, 0.1) is 25.1 Å². The molecule has 4 heteroatoms. The van der Waals surface area contributed by atoms with E-state index in [4.69, 9.17) is 4.74 Å². The van der Waals surface area contributed by atoms with Gasteiger partial charge in [-0.15, -0.1) is 0 Å². The van der Waals surface area contributed by atoms with Gasteiger partial charge in [0.1, 0.15) is 5.69 Å². The average Bonchev–Trinajstić information content (AvgIpc) is 2.30. The highest BCUT2D eigenvalue weighted by molar-refractivity contribution is 5.75. The quantitative estimate of drug-likeness (QED) is 0.678. The second-order valence-corrected chi connectivity index (χ2v) is 3.61. The van der Waals surface area contributed by atoms with Crippen LogP contribution in [0.4, 0.5) is 5.69 Å². The van der Waals surface area contributed by atoms with Crippen molar-refractivity contribution in [2.75, 3.05) is 31.2 Å². The summed E-state index contributed by atoms with van der Waals surface area (Å²) < 4.78 is 5.28. The lowest BCUT2D eigenvalue weighted by atomic mass is 10.2. The Balaban J connectivity index is 2.21. The second-order valence-electron chi connectivity index (χ2n) is 3.61. The number of aryl methyl sites for hydroxylation is 1. The van der Waals surface area contributed by atoms with E-state index in [1.54, 1.807) is 6.20 Å². The molecule has 1 aromatic rings. The number of ether oxygens (including phenoxy) is 1. The Labute approximate surface area is 88.9 Å². The molecule has 0 N–H and O–H groups in total. The van der Waals surface area contributed by atoms with E-state index >= 15 is 0 Å². The Kier molecular flexibility index (Phi) is 2.97. The van der Waals surface area contributed by atoms with Crippen LogP contribution in [0.2, 0.25) is 0 Å². The van der Waals surface area contributed by atoms with Gasteiger partial charge in [0.15, 0.2) is 6.29 Å². The van der Waals surface area contributed by atoms with Crippen molar-refractivity contribution >= 4 is 12.0 Å². The van der Waals surface area contributed by atoms with E-state index in [2.05, 4.69) is 9.88 Å². The van der Waals surface area contributed by atoms with Crippen molar-refractivity contribution in [3.8, 4) is 0 Å². The highest BCUT2D eigenvalue weighted by Gasteiger charge is 2.12. The summed E-state index contributed by atoms with van der Waals surface area (Å²) in [6.45, 7) is 5.20. The first-order chi connectivity index (χ1) is 7.31. The highest BCUT2D eigenvalue weighted by atomic mass is 16.5. The Morgan fingerprint density at radius 3 is 2.80 bits per heavy atom. The summed E-state index contributed by atoms with van der Waals surface area (Å²) in [7, 11) is 0. The molecule has 4 nitrogen and oxygen atoms in total. The lowest BCUT2D eigenvalue weighted by molar-refractivity contribution is 0.111. The van der Waals surface area contributed by atoms with Gasteiger partial charge < -0.3 is 9.64 Å². The number of aldehydes is 1. The van der Waals surface area contributed by atoms with Crippen LogP contribution in [0.5, 0.6) is 0 Å². The van der Waals surface area contributed by atoms with Gasteiger partial charge in [0.2, 0.25) is 0 Å². The Morgan fingerprint density at radius 2 is 2.20 bits per heavy atom. The van der Waals surface area contributed by atoms with Crippen LogP contribution >= 0.6 is 0 Å². The number of hydrogen-bond acceptors (Lipinski definition) is 4. The number of aromatic nitrogens is 1. The number of hydrogen-bond donors (Lipinski definition) is 0. The summed E-state index contributed by atoms with van der Waals surface area (Å²) in [5, 5.41) is 0. The van der Waals surface area contributed by atoms with Crippen LogP contribution in [-0.2, 0) is 4.74 Å². The van der Waals surface area contributed by atoms with Crippen LogP contribution in [0.15, 0.2) is 12.3 Å². The number of rotatable bonds is 2. The molecule has 0 saturated carbocycles. The molecule has 2 heterocycles. The molecule has 1 aromatic heterocycles. The first kappa shape index (κ1) is 10.1. The molecule has 1 aliphatic rings. The molecule has 0 unspecified atom stereocenters. The molecule has 0 aromatic carbocycles. The summed E-state index contributed by atoms with van der Waals surface area (Å²) in [6.07, 6.45) is 2.54. The molecule has 0 atom stereocenters. The zero-order valence-corrected chi connectivity index (χ0v) is 8.77. The van der Waals surface area contributed by atoms with Crippen molar-refractivity contribution in [3.63, 3.8) is 0 Å². The maximum Gasteiger partial charge on any atom is 0.168 e. The van der Waals surface area contributed by atoms with E-state index < -0.39 is 0 Å². The van der Waals surface area contributed by atoms with E-state index in [1.165, 1.54) is 0 Å². The van der Waals surface area contributed by atoms with Gasteiger partial charge in [-0.25, -0.2) is 0 Å². The van der Waals surface area contributed by atoms with Gasteiger partial charge in [-0.2, -0.15) is 0 Å². The molecule has 1 saturated heterocycles. The number of nitrogens with zero attached hydrogens (tertiary/aromatic N) is 2. The van der Waals surface area contributed by atoms with E-state index in [1.807, 2.05) is 13.0 Å². The number of morpholine rings is 1. The number of carbonyl (C=O) groups excluding carboxylic acids is 1. The third-order valence-electron chi connectivity index (χ3n) is 2.59. The fourth-order valence-corrected chi connectivity index (χ4v) is 1.69. The van der Waals surface area contributed by atoms with Crippen LogP contribution in [0.1, 0.15) is 16.1 Å². The topological polar surface area (TPSA) is 42.4 Å². The van der Waals surface area contributed by atoms with Gasteiger partial charge in [-0.05, 0) is 18.6 Å². The van der Waals surface area contributed by atoms with Crippen molar-refractivity contribution in [2.45, 2.75) is 6.92 Å². The maximum atomic E-state index is 10.6. The molecule has 0 spiro atoms. The van der Waals surface area contributed by atoms with Gasteiger partial charge in [0.25, 0.3) is 0 Å². The van der Waals surface area contributed by atoms with Crippen LogP contribution in [0, 0.1) is 6.92 Å². The minimum Gasteiger partial charge on any atom is -0.378 e. The largest absolute Gasteiger partial charge is 0.378 e. The van der Waals surface area contributed by atoms with E-state index in [0.29, 0.717) is 5.69 Å². The predicted molar refractivity (Wildman–Crippen MR) is 57.4 cm³/mol. The normalized spacial score (nSPS) is 16.5. The molecule has 15 heavy (non-hydrogen) atoms. The lowest BCUT2D eigenvalue weighted by Gasteiger charge is -2.28. The van der Waals surface area contributed by atoms with Crippen molar-refractivity contribution in [2.24, 2.45) is 0 Å². The van der Waals surface area contributed by atoms with Gasteiger partial charge in [-0.3, -0.25) is 9.78 Å².